The number of fused-ring (bicyclic) bond motifs is 5. The van der Waals surface area contributed by atoms with Crippen LogP contribution in [0.5, 0.6) is 0 Å². The lowest BCUT2D eigenvalue weighted by Crippen LogP contribution is -2.39. The maximum Gasteiger partial charge on any atom is 0.0958 e. The lowest BCUT2D eigenvalue weighted by Gasteiger charge is -2.36. The molecule has 0 spiro atoms. The molecule has 0 radical (unpaired) electrons. The molecular formula is C17H23N3. The molecule has 2 aromatic rings. The number of imidazole rings is 1. The summed E-state index contributed by atoms with van der Waals surface area (Å²) in [5, 5.41) is 3.59. The van der Waals surface area contributed by atoms with Gasteiger partial charge in [-0.1, -0.05) is 13.8 Å². The number of aromatic nitrogens is 2. The first kappa shape index (κ1) is 12.4. The van der Waals surface area contributed by atoms with Crippen molar-refractivity contribution in [2.24, 2.45) is 11.8 Å². The molecule has 1 N–H and O–H groups in total. The third-order valence-corrected chi connectivity index (χ3v) is 4.83. The third kappa shape index (κ3) is 1.96. The van der Waals surface area contributed by atoms with E-state index in [1.807, 2.05) is 6.33 Å². The molecule has 2 bridgehead atoms. The Labute approximate surface area is 120 Å². The molecule has 2 atom stereocenters. The first-order valence-corrected chi connectivity index (χ1v) is 7.89. The molecular weight excluding hydrogens is 246 g/mol. The highest BCUT2D eigenvalue weighted by molar-refractivity contribution is 5.78. The van der Waals surface area contributed by atoms with Crippen LogP contribution >= 0.6 is 0 Å². The Kier molecular flexibility index (Phi) is 2.84. The van der Waals surface area contributed by atoms with Gasteiger partial charge in [0.25, 0.3) is 0 Å². The van der Waals surface area contributed by atoms with Crippen LogP contribution in [0, 0.1) is 11.8 Å². The van der Waals surface area contributed by atoms with Gasteiger partial charge in [-0.3, -0.25) is 0 Å². The van der Waals surface area contributed by atoms with E-state index in [0.29, 0.717) is 11.8 Å². The molecule has 1 aromatic heterocycles. The minimum atomic E-state index is 0.657. The molecule has 1 aliphatic carbocycles. The fraction of sp³-hybridized carbons (Fsp3) is 0.588. The van der Waals surface area contributed by atoms with Crippen LogP contribution in [0.1, 0.15) is 37.3 Å². The van der Waals surface area contributed by atoms with E-state index >= 15 is 0 Å². The van der Waals surface area contributed by atoms with Crippen LogP contribution in [-0.2, 0) is 13.0 Å². The largest absolute Gasteiger partial charge is 0.330 e. The van der Waals surface area contributed by atoms with Crippen molar-refractivity contribution in [1.82, 2.24) is 14.9 Å². The fourth-order valence-corrected chi connectivity index (χ4v) is 3.99. The Morgan fingerprint density at radius 2 is 2.25 bits per heavy atom. The minimum Gasteiger partial charge on any atom is -0.330 e. The number of nitrogens with zero attached hydrogens (tertiary/aromatic N) is 2. The van der Waals surface area contributed by atoms with Crippen LogP contribution in [0.3, 0.4) is 0 Å². The predicted octanol–water partition coefficient (Wildman–Crippen LogP) is 2.94. The second kappa shape index (κ2) is 4.59. The van der Waals surface area contributed by atoms with Crippen molar-refractivity contribution in [2.45, 2.75) is 39.2 Å². The van der Waals surface area contributed by atoms with Crippen LogP contribution in [-0.4, -0.2) is 22.6 Å². The van der Waals surface area contributed by atoms with Crippen LogP contribution in [0.25, 0.3) is 11.0 Å². The Hall–Kier alpha value is -1.35. The number of hydrogen-bond acceptors (Lipinski definition) is 2. The third-order valence-electron chi connectivity index (χ3n) is 4.83. The fourth-order valence-electron chi connectivity index (χ4n) is 3.99. The lowest BCUT2D eigenvalue weighted by atomic mass is 9.74. The molecule has 1 saturated heterocycles. The van der Waals surface area contributed by atoms with Crippen molar-refractivity contribution in [3.8, 4) is 0 Å². The molecule has 2 heterocycles. The van der Waals surface area contributed by atoms with Crippen LogP contribution in [0.2, 0.25) is 0 Å². The highest BCUT2D eigenvalue weighted by Crippen LogP contribution is 2.38. The van der Waals surface area contributed by atoms with Crippen molar-refractivity contribution in [3.05, 3.63) is 29.6 Å². The Morgan fingerprint density at radius 1 is 1.35 bits per heavy atom. The molecule has 1 aromatic carbocycles. The van der Waals surface area contributed by atoms with E-state index in [0.717, 1.165) is 19.0 Å². The maximum absolute atomic E-state index is 4.62. The summed E-state index contributed by atoms with van der Waals surface area (Å²) < 4.78 is 2.32. The van der Waals surface area contributed by atoms with Gasteiger partial charge in [-0.25, -0.2) is 4.98 Å². The van der Waals surface area contributed by atoms with Gasteiger partial charge in [-0.2, -0.15) is 0 Å². The number of rotatable bonds is 2. The predicted molar refractivity (Wildman–Crippen MR) is 82.0 cm³/mol. The SMILES string of the molecule is CC(C)Cn1cnc2cc3c(cc21)C1CNCC(C3)C1. The van der Waals surface area contributed by atoms with Gasteiger partial charge in [0.2, 0.25) is 0 Å². The number of benzene rings is 1. The van der Waals surface area contributed by atoms with E-state index in [1.54, 1.807) is 11.1 Å². The van der Waals surface area contributed by atoms with E-state index in [4.69, 9.17) is 0 Å². The van der Waals surface area contributed by atoms with Gasteiger partial charge >= 0.3 is 0 Å². The van der Waals surface area contributed by atoms with Crippen LogP contribution in [0.4, 0.5) is 0 Å². The first-order valence-electron chi connectivity index (χ1n) is 7.89. The van der Waals surface area contributed by atoms with Gasteiger partial charge in [-0.15, -0.1) is 0 Å². The monoisotopic (exact) mass is 269 g/mol. The van der Waals surface area contributed by atoms with E-state index in [1.165, 1.54) is 30.4 Å². The van der Waals surface area contributed by atoms with Crippen molar-refractivity contribution in [2.75, 3.05) is 13.1 Å². The molecule has 1 fully saturated rings. The Balaban J connectivity index is 1.82. The molecule has 0 amide bonds. The van der Waals surface area contributed by atoms with Gasteiger partial charge in [0, 0.05) is 13.1 Å². The summed E-state index contributed by atoms with van der Waals surface area (Å²) in [6.07, 6.45) is 4.61. The van der Waals surface area contributed by atoms with Crippen LogP contribution < -0.4 is 5.32 Å². The summed E-state index contributed by atoms with van der Waals surface area (Å²) in [4.78, 5) is 4.62. The smallest absolute Gasteiger partial charge is 0.0958 e. The van der Waals surface area contributed by atoms with E-state index in [2.05, 4.69) is 40.8 Å². The normalized spacial score (nSPS) is 25.1. The van der Waals surface area contributed by atoms with Gasteiger partial charge < -0.3 is 9.88 Å². The van der Waals surface area contributed by atoms with Gasteiger partial charge in [0.1, 0.15) is 0 Å². The van der Waals surface area contributed by atoms with Crippen LogP contribution in [0.15, 0.2) is 18.5 Å². The topological polar surface area (TPSA) is 29.9 Å². The standard InChI is InChI=1S/C17H23N3/c1-11(2)9-20-10-19-16-5-13-3-12-4-14(8-18-7-12)15(13)6-17(16)20/h5-6,10-12,14,18H,3-4,7-9H2,1-2H3. The molecule has 20 heavy (non-hydrogen) atoms. The highest BCUT2D eigenvalue weighted by Gasteiger charge is 2.30. The Morgan fingerprint density at radius 3 is 3.10 bits per heavy atom. The summed E-state index contributed by atoms with van der Waals surface area (Å²) in [5.41, 5.74) is 5.63. The summed E-state index contributed by atoms with van der Waals surface area (Å²) in [6.45, 7) is 7.92. The van der Waals surface area contributed by atoms with E-state index < -0.39 is 0 Å². The summed E-state index contributed by atoms with van der Waals surface area (Å²) in [5.74, 6) is 2.20. The molecule has 4 rings (SSSR count). The maximum atomic E-state index is 4.62. The Bertz CT molecular complexity index is 641. The molecule has 2 aliphatic rings. The number of piperidine rings is 1. The zero-order chi connectivity index (χ0) is 13.7. The van der Waals surface area contributed by atoms with E-state index in [-0.39, 0.29) is 0 Å². The number of hydrogen-bond donors (Lipinski definition) is 1. The average Bonchev–Trinajstić information content (AvgIpc) is 2.79. The molecule has 3 heteroatoms. The number of nitrogens with one attached hydrogen (secondary N) is 1. The van der Waals surface area contributed by atoms with Gasteiger partial charge in [-0.05, 0) is 60.4 Å². The first-order chi connectivity index (χ1) is 9.70. The molecule has 2 unspecified atom stereocenters. The zero-order valence-electron chi connectivity index (χ0n) is 12.4. The van der Waals surface area contributed by atoms with Crippen molar-refractivity contribution >= 4 is 11.0 Å². The zero-order valence-corrected chi connectivity index (χ0v) is 12.4. The summed E-state index contributed by atoms with van der Waals surface area (Å²) in [6, 6.07) is 4.78. The second-order valence-electron chi connectivity index (χ2n) is 6.99. The summed E-state index contributed by atoms with van der Waals surface area (Å²) >= 11 is 0. The molecule has 106 valence electrons. The van der Waals surface area contributed by atoms with Crippen molar-refractivity contribution in [3.63, 3.8) is 0 Å². The minimum absolute atomic E-state index is 0.657. The molecule has 0 saturated carbocycles. The van der Waals surface area contributed by atoms with Gasteiger partial charge in [0.05, 0.1) is 17.4 Å². The quantitative estimate of drug-likeness (QED) is 0.908. The molecule has 1 aliphatic heterocycles. The lowest BCUT2D eigenvalue weighted by molar-refractivity contribution is 0.318. The van der Waals surface area contributed by atoms with Crippen molar-refractivity contribution in [1.29, 1.82) is 0 Å². The average molecular weight is 269 g/mol. The summed E-state index contributed by atoms with van der Waals surface area (Å²) in [7, 11) is 0. The van der Waals surface area contributed by atoms with Gasteiger partial charge in [0.15, 0.2) is 0 Å². The second-order valence-corrected chi connectivity index (χ2v) is 6.99. The van der Waals surface area contributed by atoms with E-state index in [9.17, 15) is 0 Å². The van der Waals surface area contributed by atoms with Crippen molar-refractivity contribution < 1.29 is 0 Å². The molecule has 3 nitrogen and oxygen atoms in total. The highest BCUT2D eigenvalue weighted by atomic mass is 15.0.